The van der Waals surface area contributed by atoms with Gasteiger partial charge in [-0.05, 0) is 49.8 Å². The Morgan fingerprint density at radius 3 is 2.70 bits per heavy atom. The highest BCUT2D eigenvalue weighted by molar-refractivity contribution is 6.01. The zero-order valence-corrected chi connectivity index (χ0v) is 15.3. The number of halogens is 3. The third-order valence-corrected chi connectivity index (χ3v) is 7.63. The fourth-order valence-corrected chi connectivity index (χ4v) is 6.28. The Kier molecular flexibility index (Phi) is 3.91. The van der Waals surface area contributed by atoms with Crippen LogP contribution in [0.5, 0.6) is 0 Å². The van der Waals surface area contributed by atoms with Crippen molar-refractivity contribution in [2.45, 2.75) is 51.1 Å². The van der Waals surface area contributed by atoms with Crippen molar-refractivity contribution in [1.29, 1.82) is 0 Å². The molecule has 146 valence electrons. The fraction of sp³-hybridized carbons (Fsp3) is 0.619. The van der Waals surface area contributed by atoms with Gasteiger partial charge in [0.1, 0.15) is 6.17 Å². The molecule has 4 aliphatic carbocycles. The van der Waals surface area contributed by atoms with Gasteiger partial charge in [-0.2, -0.15) is 0 Å². The van der Waals surface area contributed by atoms with Crippen molar-refractivity contribution in [3.8, 4) is 0 Å². The first-order valence-corrected chi connectivity index (χ1v) is 9.35. The van der Waals surface area contributed by atoms with Gasteiger partial charge in [0.15, 0.2) is 23.9 Å². The Hall–Kier alpha value is -1.69. The summed E-state index contributed by atoms with van der Waals surface area (Å²) in [5, 5.41) is 10.9. The van der Waals surface area contributed by atoms with Crippen molar-refractivity contribution in [2.75, 3.05) is 6.67 Å². The van der Waals surface area contributed by atoms with Crippen LogP contribution in [0.25, 0.3) is 0 Å². The molecule has 0 aromatic carbocycles. The van der Waals surface area contributed by atoms with Crippen LogP contribution in [-0.2, 0) is 9.59 Å². The molecule has 6 heteroatoms. The summed E-state index contributed by atoms with van der Waals surface area (Å²) in [5.74, 6) is -2.29. The lowest BCUT2D eigenvalue weighted by Crippen LogP contribution is -2.68. The molecule has 0 heterocycles. The van der Waals surface area contributed by atoms with Crippen LogP contribution in [0.3, 0.4) is 0 Å². The van der Waals surface area contributed by atoms with E-state index in [9.17, 15) is 19.1 Å². The van der Waals surface area contributed by atoms with E-state index in [1.807, 2.05) is 0 Å². The molecule has 0 spiro atoms. The maximum Gasteiger partial charge on any atom is 0.190 e. The van der Waals surface area contributed by atoms with Gasteiger partial charge in [-0.3, -0.25) is 9.59 Å². The monoisotopic (exact) mass is 380 g/mol. The van der Waals surface area contributed by atoms with Crippen LogP contribution in [0.1, 0.15) is 33.1 Å². The third kappa shape index (κ3) is 2.13. The van der Waals surface area contributed by atoms with Gasteiger partial charge in [-0.25, -0.2) is 13.2 Å². The van der Waals surface area contributed by atoms with Gasteiger partial charge < -0.3 is 5.11 Å². The number of carbonyl (C=O) groups is 2. The molecule has 0 aromatic rings. The van der Waals surface area contributed by atoms with E-state index in [0.29, 0.717) is 6.42 Å². The topological polar surface area (TPSA) is 54.4 Å². The van der Waals surface area contributed by atoms with Crippen LogP contribution >= 0.6 is 0 Å². The van der Waals surface area contributed by atoms with Crippen molar-refractivity contribution in [3.63, 3.8) is 0 Å². The van der Waals surface area contributed by atoms with Crippen LogP contribution in [0.15, 0.2) is 35.5 Å². The Labute approximate surface area is 156 Å². The van der Waals surface area contributed by atoms with E-state index >= 15 is 8.78 Å². The molecule has 0 saturated heterocycles. The molecule has 0 bridgehead atoms. The molecule has 7 atom stereocenters. The highest BCUT2D eigenvalue weighted by atomic mass is 19.1. The minimum absolute atomic E-state index is 0.0378. The molecular formula is C21H23F3O3. The number of ketones is 2. The summed E-state index contributed by atoms with van der Waals surface area (Å²) in [6, 6.07) is 0. The SMILES string of the molecule is C[C@]12C=CC(=O)C=C1[C@@H](F)C[C@H]1C3CC=C(C(=O)CF)[C@@]3(C)C[C@H](O)[C@@]12F. The van der Waals surface area contributed by atoms with Crippen LogP contribution in [0, 0.1) is 22.7 Å². The summed E-state index contributed by atoms with van der Waals surface area (Å²) in [4.78, 5) is 23.8. The molecule has 2 saturated carbocycles. The summed E-state index contributed by atoms with van der Waals surface area (Å²) in [6.07, 6.45) is 2.57. The van der Waals surface area contributed by atoms with E-state index in [1.165, 1.54) is 19.1 Å². The van der Waals surface area contributed by atoms with Gasteiger partial charge in [-0.1, -0.05) is 19.1 Å². The Bertz CT molecular complexity index is 815. The molecule has 4 rings (SSSR count). The van der Waals surface area contributed by atoms with Crippen LogP contribution in [-0.4, -0.2) is 41.3 Å². The molecular weight excluding hydrogens is 357 g/mol. The lowest BCUT2D eigenvalue weighted by molar-refractivity contribution is -0.192. The lowest BCUT2D eigenvalue weighted by atomic mass is 9.45. The van der Waals surface area contributed by atoms with Crippen molar-refractivity contribution < 1.29 is 27.9 Å². The van der Waals surface area contributed by atoms with Crippen molar-refractivity contribution in [1.82, 2.24) is 0 Å². The molecule has 0 aliphatic heterocycles. The van der Waals surface area contributed by atoms with E-state index in [0.717, 1.165) is 6.08 Å². The number of aliphatic hydroxyl groups is 1. The minimum Gasteiger partial charge on any atom is -0.390 e. The number of aliphatic hydroxyl groups excluding tert-OH is 1. The first-order valence-electron chi connectivity index (χ1n) is 9.35. The zero-order valence-electron chi connectivity index (χ0n) is 15.3. The summed E-state index contributed by atoms with van der Waals surface area (Å²) >= 11 is 0. The predicted molar refractivity (Wildman–Crippen MR) is 93.1 cm³/mol. The number of hydrogen-bond donors (Lipinski definition) is 1. The maximum atomic E-state index is 16.6. The first-order chi connectivity index (χ1) is 12.6. The van der Waals surface area contributed by atoms with Crippen LogP contribution in [0.2, 0.25) is 0 Å². The standard InChI is InChI=1S/C21H23F3O3/c1-19-9-18(27)21(24)14(12(19)3-4-13(19)17(26)10-22)8-16(23)15-7-11(25)5-6-20(15,21)2/h4-7,12,14,16,18,27H,3,8-10H2,1-2H3/t12?,14-,16-,18-,19-,20-,21-/m0/s1. The van der Waals surface area contributed by atoms with E-state index in [-0.39, 0.29) is 29.8 Å². The highest BCUT2D eigenvalue weighted by Crippen LogP contribution is 2.68. The molecule has 1 unspecified atom stereocenters. The van der Waals surface area contributed by atoms with Gasteiger partial charge in [-0.15, -0.1) is 0 Å². The molecule has 1 N–H and O–H groups in total. The van der Waals surface area contributed by atoms with Crippen molar-refractivity contribution >= 4 is 11.6 Å². The molecule has 4 aliphatic rings. The van der Waals surface area contributed by atoms with E-state index in [2.05, 4.69) is 0 Å². The zero-order chi connectivity index (χ0) is 19.8. The summed E-state index contributed by atoms with van der Waals surface area (Å²) in [7, 11) is 0. The largest absolute Gasteiger partial charge is 0.390 e. The van der Waals surface area contributed by atoms with Crippen LogP contribution < -0.4 is 0 Å². The first kappa shape index (κ1) is 18.7. The predicted octanol–water partition coefficient (Wildman–Crippen LogP) is 3.38. The number of allylic oxidation sites excluding steroid dienone is 6. The van der Waals surface area contributed by atoms with E-state index in [1.54, 1.807) is 13.0 Å². The number of Topliss-reactive ketones (excluding diaryl/α,β-unsaturated/α-hetero) is 1. The van der Waals surface area contributed by atoms with Crippen LogP contribution in [0.4, 0.5) is 13.2 Å². The van der Waals surface area contributed by atoms with Gasteiger partial charge >= 0.3 is 0 Å². The second-order valence-corrected chi connectivity index (χ2v) is 8.77. The average Bonchev–Trinajstić information content (AvgIpc) is 2.95. The average molecular weight is 380 g/mol. The van der Waals surface area contributed by atoms with E-state index < -0.39 is 53.1 Å². The maximum absolute atomic E-state index is 16.6. The summed E-state index contributed by atoms with van der Waals surface area (Å²) in [6.45, 7) is 2.13. The van der Waals surface area contributed by atoms with Crippen molar-refractivity contribution in [3.05, 3.63) is 35.5 Å². The number of alkyl halides is 3. The normalized spacial score (nSPS) is 48.3. The van der Waals surface area contributed by atoms with Gasteiger partial charge in [0, 0.05) is 22.3 Å². The Morgan fingerprint density at radius 2 is 2.04 bits per heavy atom. The number of rotatable bonds is 2. The molecule has 3 nitrogen and oxygen atoms in total. The second kappa shape index (κ2) is 5.66. The van der Waals surface area contributed by atoms with Crippen molar-refractivity contribution in [2.24, 2.45) is 22.7 Å². The van der Waals surface area contributed by atoms with Gasteiger partial charge in [0.05, 0.1) is 6.10 Å². The molecule has 27 heavy (non-hydrogen) atoms. The summed E-state index contributed by atoms with van der Waals surface area (Å²) in [5.41, 5.74) is -4.12. The molecule has 0 radical (unpaired) electrons. The summed E-state index contributed by atoms with van der Waals surface area (Å²) < 4.78 is 44.7. The second-order valence-electron chi connectivity index (χ2n) is 8.77. The van der Waals surface area contributed by atoms with E-state index in [4.69, 9.17) is 0 Å². The quantitative estimate of drug-likeness (QED) is 0.799. The molecule has 0 aromatic heterocycles. The number of carbonyl (C=O) groups excluding carboxylic acids is 2. The number of hydrogen-bond acceptors (Lipinski definition) is 3. The third-order valence-electron chi connectivity index (χ3n) is 7.63. The Morgan fingerprint density at radius 1 is 1.33 bits per heavy atom. The van der Waals surface area contributed by atoms with Gasteiger partial charge in [0.25, 0.3) is 0 Å². The Balaban J connectivity index is 1.82. The smallest absolute Gasteiger partial charge is 0.190 e. The molecule has 2 fully saturated rings. The molecule has 0 amide bonds. The highest BCUT2D eigenvalue weighted by Gasteiger charge is 2.71. The fourth-order valence-electron chi connectivity index (χ4n) is 6.28. The van der Waals surface area contributed by atoms with Gasteiger partial charge in [0.2, 0.25) is 0 Å². The minimum atomic E-state index is -2.16. The lowest BCUT2D eigenvalue weighted by Gasteiger charge is -2.62. The number of fused-ring (bicyclic) bond motifs is 5.